The monoisotopic (exact) mass is 207 g/mol. The maximum absolute atomic E-state index is 8.61. The fourth-order valence-corrected chi connectivity index (χ4v) is 2.63. The van der Waals surface area contributed by atoms with Gasteiger partial charge in [-0.15, -0.1) is 11.3 Å². The van der Waals surface area contributed by atoms with E-state index in [9.17, 15) is 0 Å². The highest BCUT2D eigenvalue weighted by molar-refractivity contribution is 7.10. The van der Waals surface area contributed by atoms with Gasteiger partial charge in [-0.25, -0.2) is 0 Å². The standard InChI is InChI=1S/C11H13NOS/c12-7-6-9-3-1-4-10(13-9)11-5-2-8-14-11/h2,5,8-10H,1,3-4,6H2. The van der Waals surface area contributed by atoms with Crippen molar-refractivity contribution in [2.75, 3.05) is 0 Å². The molecule has 0 spiro atoms. The van der Waals surface area contributed by atoms with Crippen molar-refractivity contribution in [3.8, 4) is 6.07 Å². The molecule has 0 aliphatic carbocycles. The first-order chi connectivity index (χ1) is 6.90. The first kappa shape index (κ1) is 9.70. The van der Waals surface area contributed by atoms with Crippen molar-refractivity contribution in [2.45, 2.75) is 37.9 Å². The first-order valence-electron chi connectivity index (χ1n) is 4.96. The van der Waals surface area contributed by atoms with Crippen molar-refractivity contribution in [2.24, 2.45) is 0 Å². The van der Waals surface area contributed by atoms with Crippen LogP contribution in [0.3, 0.4) is 0 Å². The van der Waals surface area contributed by atoms with Gasteiger partial charge in [-0.05, 0) is 30.7 Å². The molecule has 0 N–H and O–H groups in total. The van der Waals surface area contributed by atoms with Gasteiger partial charge in [0.05, 0.1) is 24.7 Å². The Hall–Kier alpha value is -0.850. The largest absolute Gasteiger partial charge is 0.368 e. The molecule has 1 aliphatic heterocycles. The van der Waals surface area contributed by atoms with Crippen LogP contribution in [-0.2, 0) is 4.74 Å². The Morgan fingerprint density at radius 2 is 2.50 bits per heavy atom. The summed E-state index contributed by atoms with van der Waals surface area (Å²) in [5.74, 6) is 0. The van der Waals surface area contributed by atoms with Crippen LogP contribution in [0.5, 0.6) is 0 Å². The van der Waals surface area contributed by atoms with Crippen molar-refractivity contribution in [3.63, 3.8) is 0 Å². The molecule has 1 aliphatic rings. The highest BCUT2D eigenvalue weighted by atomic mass is 32.1. The third-order valence-corrected chi connectivity index (χ3v) is 3.49. The molecule has 1 aromatic rings. The molecule has 2 atom stereocenters. The lowest BCUT2D eigenvalue weighted by Gasteiger charge is -2.28. The Kier molecular flexibility index (Phi) is 3.18. The average Bonchev–Trinajstić information content (AvgIpc) is 2.71. The van der Waals surface area contributed by atoms with Crippen LogP contribution in [0.25, 0.3) is 0 Å². The normalized spacial score (nSPS) is 27.1. The Morgan fingerprint density at radius 3 is 3.21 bits per heavy atom. The van der Waals surface area contributed by atoms with Crippen LogP contribution in [0.15, 0.2) is 17.5 Å². The molecular weight excluding hydrogens is 194 g/mol. The lowest BCUT2D eigenvalue weighted by Crippen LogP contribution is -2.21. The topological polar surface area (TPSA) is 33.0 Å². The van der Waals surface area contributed by atoms with Gasteiger partial charge < -0.3 is 4.74 Å². The molecule has 0 saturated carbocycles. The van der Waals surface area contributed by atoms with Crippen molar-refractivity contribution >= 4 is 11.3 Å². The Labute approximate surface area is 88.1 Å². The van der Waals surface area contributed by atoms with Crippen LogP contribution >= 0.6 is 11.3 Å². The first-order valence-corrected chi connectivity index (χ1v) is 5.84. The molecule has 1 fully saturated rings. The van der Waals surface area contributed by atoms with Crippen molar-refractivity contribution in [1.82, 2.24) is 0 Å². The molecular formula is C11H13NOS. The molecule has 0 aromatic carbocycles. The van der Waals surface area contributed by atoms with E-state index in [1.807, 2.05) is 0 Å². The molecule has 2 nitrogen and oxygen atoms in total. The fourth-order valence-electron chi connectivity index (χ4n) is 1.84. The van der Waals surface area contributed by atoms with Gasteiger partial charge in [-0.1, -0.05) is 6.07 Å². The Balaban J connectivity index is 1.98. The predicted molar refractivity (Wildman–Crippen MR) is 56.0 cm³/mol. The third kappa shape index (κ3) is 2.14. The van der Waals surface area contributed by atoms with E-state index in [1.54, 1.807) is 11.3 Å². The van der Waals surface area contributed by atoms with Crippen LogP contribution in [0, 0.1) is 11.3 Å². The summed E-state index contributed by atoms with van der Waals surface area (Å²) in [5.41, 5.74) is 0. The minimum Gasteiger partial charge on any atom is -0.368 e. The van der Waals surface area contributed by atoms with E-state index < -0.39 is 0 Å². The van der Waals surface area contributed by atoms with Gasteiger partial charge in [0.25, 0.3) is 0 Å². The smallest absolute Gasteiger partial charge is 0.0921 e. The summed E-state index contributed by atoms with van der Waals surface area (Å²) >= 11 is 1.74. The van der Waals surface area contributed by atoms with Crippen molar-refractivity contribution in [1.29, 1.82) is 5.26 Å². The quantitative estimate of drug-likeness (QED) is 0.745. The van der Waals surface area contributed by atoms with E-state index in [1.165, 1.54) is 11.3 Å². The second-order valence-corrected chi connectivity index (χ2v) is 4.53. The maximum atomic E-state index is 8.61. The SMILES string of the molecule is N#CCC1CCCC(c2cccs2)O1. The van der Waals surface area contributed by atoms with E-state index in [0.29, 0.717) is 6.42 Å². The predicted octanol–water partition coefficient (Wildman–Crippen LogP) is 3.27. The number of ether oxygens (including phenoxy) is 1. The Bertz CT molecular complexity index is 315. The minimum absolute atomic E-state index is 0.154. The lowest BCUT2D eigenvalue weighted by molar-refractivity contribution is -0.0468. The summed E-state index contributed by atoms with van der Waals surface area (Å²) in [4.78, 5) is 1.30. The van der Waals surface area contributed by atoms with E-state index in [2.05, 4.69) is 23.6 Å². The number of nitriles is 1. The van der Waals surface area contributed by atoms with E-state index in [-0.39, 0.29) is 12.2 Å². The molecule has 2 heterocycles. The highest BCUT2D eigenvalue weighted by Gasteiger charge is 2.23. The van der Waals surface area contributed by atoms with Gasteiger partial charge >= 0.3 is 0 Å². The summed E-state index contributed by atoms with van der Waals surface area (Å²) < 4.78 is 5.86. The van der Waals surface area contributed by atoms with Crippen molar-refractivity contribution in [3.05, 3.63) is 22.4 Å². The number of rotatable bonds is 2. The fraction of sp³-hybridized carbons (Fsp3) is 0.545. The van der Waals surface area contributed by atoms with Gasteiger partial charge in [-0.3, -0.25) is 0 Å². The molecule has 0 amide bonds. The molecule has 1 aromatic heterocycles. The van der Waals surface area contributed by atoms with Gasteiger partial charge in [0.15, 0.2) is 0 Å². The molecule has 0 bridgehead atoms. The summed E-state index contributed by atoms with van der Waals surface area (Å²) in [5, 5.41) is 10.7. The van der Waals surface area contributed by atoms with Crippen LogP contribution in [0.2, 0.25) is 0 Å². The molecule has 14 heavy (non-hydrogen) atoms. The number of hydrogen-bond donors (Lipinski definition) is 0. The zero-order valence-corrected chi connectivity index (χ0v) is 8.80. The van der Waals surface area contributed by atoms with E-state index in [0.717, 1.165) is 12.8 Å². The van der Waals surface area contributed by atoms with Gasteiger partial charge in [0, 0.05) is 4.88 Å². The van der Waals surface area contributed by atoms with Crippen LogP contribution in [-0.4, -0.2) is 6.10 Å². The zero-order valence-electron chi connectivity index (χ0n) is 7.98. The minimum atomic E-state index is 0.154. The van der Waals surface area contributed by atoms with E-state index in [4.69, 9.17) is 10.00 Å². The summed E-state index contributed by atoms with van der Waals surface area (Å²) in [7, 11) is 0. The third-order valence-electron chi connectivity index (χ3n) is 2.53. The van der Waals surface area contributed by atoms with Crippen LogP contribution in [0.1, 0.15) is 36.7 Å². The summed E-state index contributed by atoms with van der Waals surface area (Å²) in [6, 6.07) is 6.35. The van der Waals surface area contributed by atoms with Gasteiger partial charge in [-0.2, -0.15) is 5.26 Å². The summed E-state index contributed by atoms with van der Waals surface area (Å²) in [6.45, 7) is 0. The molecule has 2 rings (SSSR count). The average molecular weight is 207 g/mol. The number of nitrogens with zero attached hydrogens (tertiary/aromatic N) is 1. The number of thiophene rings is 1. The maximum Gasteiger partial charge on any atom is 0.0921 e. The number of hydrogen-bond acceptors (Lipinski definition) is 3. The molecule has 3 heteroatoms. The molecule has 1 saturated heterocycles. The Morgan fingerprint density at radius 1 is 1.57 bits per heavy atom. The van der Waals surface area contributed by atoms with Gasteiger partial charge in [0.2, 0.25) is 0 Å². The molecule has 74 valence electrons. The zero-order chi connectivity index (χ0) is 9.80. The second kappa shape index (κ2) is 4.59. The van der Waals surface area contributed by atoms with Gasteiger partial charge in [0.1, 0.15) is 0 Å². The van der Waals surface area contributed by atoms with Crippen LogP contribution in [0.4, 0.5) is 0 Å². The van der Waals surface area contributed by atoms with E-state index >= 15 is 0 Å². The summed E-state index contributed by atoms with van der Waals surface area (Å²) in [6.07, 6.45) is 4.23. The lowest BCUT2D eigenvalue weighted by atomic mass is 10.0. The van der Waals surface area contributed by atoms with Crippen LogP contribution < -0.4 is 0 Å². The molecule has 2 unspecified atom stereocenters. The van der Waals surface area contributed by atoms with Crippen molar-refractivity contribution < 1.29 is 4.74 Å². The molecule has 0 radical (unpaired) electrons. The second-order valence-electron chi connectivity index (χ2n) is 3.56. The highest BCUT2D eigenvalue weighted by Crippen LogP contribution is 2.34.